The molecule has 0 bridgehead atoms. The highest BCUT2D eigenvalue weighted by Crippen LogP contribution is 2.28. The number of ether oxygens (including phenoxy) is 1. The lowest BCUT2D eigenvalue weighted by atomic mass is 10.1. The Kier molecular flexibility index (Phi) is 4.73. The van der Waals surface area contributed by atoms with E-state index in [1.807, 2.05) is 17.6 Å². The van der Waals surface area contributed by atoms with Gasteiger partial charge in [0.2, 0.25) is 0 Å². The number of nitrogens with zero attached hydrogens (tertiary/aromatic N) is 1. The zero-order chi connectivity index (χ0) is 12.8. The number of thiophene rings is 1. The van der Waals surface area contributed by atoms with Crippen LogP contribution >= 0.6 is 11.3 Å². The maximum atomic E-state index is 5.24. The van der Waals surface area contributed by atoms with E-state index < -0.39 is 0 Å². The van der Waals surface area contributed by atoms with Crippen LogP contribution in [0.15, 0.2) is 36.0 Å². The average Bonchev–Trinajstić information content (AvgIpc) is 2.88. The van der Waals surface area contributed by atoms with Crippen LogP contribution in [0.4, 0.5) is 0 Å². The molecule has 1 atom stereocenters. The van der Waals surface area contributed by atoms with E-state index in [-0.39, 0.29) is 0 Å². The summed E-state index contributed by atoms with van der Waals surface area (Å²) in [6.07, 6.45) is 4.68. The van der Waals surface area contributed by atoms with Gasteiger partial charge in [-0.3, -0.25) is 4.98 Å². The number of likely N-dealkylation sites (N-methyl/N-ethyl adjacent to an activating group) is 1. The number of pyridine rings is 1. The van der Waals surface area contributed by atoms with E-state index in [1.165, 1.54) is 10.4 Å². The number of nitrogens with one attached hydrogen (secondary N) is 1. The van der Waals surface area contributed by atoms with Gasteiger partial charge < -0.3 is 10.1 Å². The van der Waals surface area contributed by atoms with Crippen LogP contribution in [-0.2, 0) is 6.42 Å². The fourth-order valence-corrected chi connectivity index (χ4v) is 2.83. The van der Waals surface area contributed by atoms with Crippen molar-refractivity contribution in [3.8, 4) is 5.75 Å². The Bertz CT molecular complexity index is 470. The van der Waals surface area contributed by atoms with Gasteiger partial charge in [-0.1, -0.05) is 13.0 Å². The highest BCUT2D eigenvalue weighted by Gasteiger charge is 2.14. The minimum absolute atomic E-state index is 0.327. The summed E-state index contributed by atoms with van der Waals surface area (Å²) in [5.74, 6) is 0.934. The second kappa shape index (κ2) is 6.52. The van der Waals surface area contributed by atoms with E-state index in [4.69, 9.17) is 4.74 Å². The number of hydrogen-bond donors (Lipinski definition) is 1. The molecule has 2 aromatic heterocycles. The van der Waals surface area contributed by atoms with Crippen molar-refractivity contribution in [2.45, 2.75) is 19.4 Å². The topological polar surface area (TPSA) is 34.2 Å². The molecule has 0 aliphatic heterocycles. The first-order valence-corrected chi connectivity index (χ1v) is 6.96. The molecule has 96 valence electrons. The number of hydrogen-bond acceptors (Lipinski definition) is 4. The molecule has 0 aliphatic rings. The third-order valence-electron chi connectivity index (χ3n) is 2.79. The molecule has 0 radical (unpaired) electrons. The Hall–Kier alpha value is -1.39. The van der Waals surface area contributed by atoms with Gasteiger partial charge >= 0.3 is 0 Å². The van der Waals surface area contributed by atoms with E-state index in [0.717, 1.165) is 18.7 Å². The molecule has 0 saturated carbocycles. The van der Waals surface area contributed by atoms with Gasteiger partial charge in [0.15, 0.2) is 0 Å². The standard InChI is InChI=1S/C14H18N2OS/c1-3-16-13(7-11-5-4-6-15-9-11)14-8-12(17-2)10-18-14/h4-6,8-10,13,16H,3,7H2,1-2H3. The summed E-state index contributed by atoms with van der Waals surface area (Å²) in [4.78, 5) is 5.47. The molecule has 2 aromatic rings. The molecule has 2 heterocycles. The van der Waals surface area contributed by atoms with Crippen LogP contribution in [0.1, 0.15) is 23.4 Å². The van der Waals surface area contributed by atoms with Crippen LogP contribution in [0, 0.1) is 0 Å². The van der Waals surface area contributed by atoms with Gasteiger partial charge in [-0.05, 0) is 30.7 Å². The Balaban J connectivity index is 2.12. The van der Waals surface area contributed by atoms with Gasteiger partial charge in [0.1, 0.15) is 5.75 Å². The smallest absolute Gasteiger partial charge is 0.129 e. The normalized spacial score (nSPS) is 12.3. The minimum atomic E-state index is 0.327. The largest absolute Gasteiger partial charge is 0.496 e. The predicted octanol–water partition coefficient (Wildman–Crippen LogP) is 3.05. The highest BCUT2D eigenvalue weighted by atomic mass is 32.1. The highest BCUT2D eigenvalue weighted by molar-refractivity contribution is 7.10. The van der Waals surface area contributed by atoms with Gasteiger partial charge in [0, 0.05) is 28.7 Å². The van der Waals surface area contributed by atoms with E-state index in [0.29, 0.717) is 6.04 Å². The van der Waals surface area contributed by atoms with Crippen LogP contribution in [0.5, 0.6) is 5.75 Å². The van der Waals surface area contributed by atoms with Crippen LogP contribution in [0.3, 0.4) is 0 Å². The Morgan fingerprint density at radius 2 is 2.39 bits per heavy atom. The van der Waals surface area contributed by atoms with Crippen molar-refractivity contribution in [1.29, 1.82) is 0 Å². The lowest BCUT2D eigenvalue weighted by molar-refractivity contribution is 0.415. The fraction of sp³-hybridized carbons (Fsp3) is 0.357. The SMILES string of the molecule is CCNC(Cc1cccnc1)c1cc(OC)cs1. The van der Waals surface area contributed by atoms with Gasteiger partial charge in [-0.15, -0.1) is 11.3 Å². The van der Waals surface area contributed by atoms with E-state index in [2.05, 4.69) is 29.4 Å². The maximum Gasteiger partial charge on any atom is 0.129 e. The lowest BCUT2D eigenvalue weighted by Crippen LogP contribution is -2.22. The molecule has 0 aromatic carbocycles. The second-order valence-corrected chi connectivity index (χ2v) is 5.01. The first kappa shape index (κ1) is 13.1. The minimum Gasteiger partial charge on any atom is -0.496 e. The maximum absolute atomic E-state index is 5.24. The quantitative estimate of drug-likeness (QED) is 0.869. The van der Waals surface area contributed by atoms with Crippen LogP contribution < -0.4 is 10.1 Å². The summed E-state index contributed by atoms with van der Waals surface area (Å²) in [5.41, 5.74) is 1.25. The number of methoxy groups -OCH3 is 1. The molecule has 0 aliphatic carbocycles. The average molecular weight is 262 g/mol. The molecule has 0 amide bonds. The van der Waals surface area contributed by atoms with Gasteiger partial charge in [-0.25, -0.2) is 0 Å². The number of aromatic nitrogens is 1. The van der Waals surface area contributed by atoms with Crippen LogP contribution in [-0.4, -0.2) is 18.6 Å². The van der Waals surface area contributed by atoms with Gasteiger partial charge in [0.05, 0.1) is 7.11 Å². The van der Waals surface area contributed by atoms with Crippen molar-refractivity contribution in [1.82, 2.24) is 10.3 Å². The zero-order valence-corrected chi connectivity index (χ0v) is 11.5. The molecular weight excluding hydrogens is 244 g/mol. The molecular formula is C14H18N2OS. The summed E-state index contributed by atoms with van der Waals surface area (Å²) in [6.45, 7) is 3.08. The third-order valence-corrected chi connectivity index (χ3v) is 3.81. The van der Waals surface area contributed by atoms with E-state index in [1.54, 1.807) is 24.6 Å². The summed E-state index contributed by atoms with van der Waals surface area (Å²) >= 11 is 1.73. The predicted molar refractivity (Wildman–Crippen MR) is 75.2 cm³/mol. The Morgan fingerprint density at radius 3 is 3.00 bits per heavy atom. The van der Waals surface area contributed by atoms with Crippen molar-refractivity contribution >= 4 is 11.3 Å². The fourth-order valence-electron chi connectivity index (χ4n) is 1.90. The van der Waals surface area contributed by atoms with Crippen molar-refractivity contribution in [3.05, 3.63) is 46.4 Å². The third kappa shape index (κ3) is 3.31. The first-order chi connectivity index (χ1) is 8.83. The Labute approximate surface area is 112 Å². The number of rotatable bonds is 6. The lowest BCUT2D eigenvalue weighted by Gasteiger charge is -2.16. The molecule has 0 spiro atoms. The summed E-state index contributed by atoms with van der Waals surface area (Å²) in [7, 11) is 1.70. The monoisotopic (exact) mass is 262 g/mol. The summed E-state index contributed by atoms with van der Waals surface area (Å²) in [5, 5.41) is 5.56. The molecule has 18 heavy (non-hydrogen) atoms. The summed E-state index contributed by atoms with van der Waals surface area (Å²) < 4.78 is 5.24. The van der Waals surface area contributed by atoms with E-state index in [9.17, 15) is 0 Å². The van der Waals surface area contributed by atoms with E-state index >= 15 is 0 Å². The first-order valence-electron chi connectivity index (χ1n) is 6.08. The van der Waals surface area contributed by atoms with Gasteiger partial charge in [0.25, 0.3) is 0 Å². The molecule has 0 saturated heterocycles. The molecule has 3 nitrogen and oxygen atoms in total. The van der Waals surface area contributed by atoms with Crippen LogP contribution in [0.25, 0.3) is 0 Å². The molecule has 1 N–H and O–H groups in total. The Morgan fingerprint density at radius 1 is 1.50 bits per heavy atom. The molecule has 1 unspecified atom stereocenters. The van der Waals surface area contributed by atoms with Crippen LogP contribution in [0.2, 0.25) is 0 Å². The summed E-state index contributed by atoms with van der Waals surface area (Å²) in [6, 6.07) is 6.53. The van der Waals surface area contributed by atoms with Crippen molar-refractivity contribution < 1.29 is 4.74 Å². The van der Waals surface area contributed by atoms with Gasteiger partial charge in [-0.2, -0.15) is 0 Å². The van der Waals surface area contributed by atoms with Crippen molar-refractivity contribution in [3.63, 3.8) is 0 Å². The second-order valence-electron chi connectivity index (χ2n) is 4.06. The molecule has 2 rings (SSSR count). The van der Waals surface area contributed by atoms with Crippen molar-refractivity contribution in [2.24, 2.45) is 0 Å². The molecule has 4 heteroatoms. The molecule has 0 fully saturated rings. The van der Waals surface area contributed by atoms with Crippen molar-refractivity contribution in [2.75, 3.05) is 13.7 Å². The zero-order valence-electron chi connectivity index (χ0n) is 10.7.